The molecule has 6 aromatic rings. The predicted octanol–water partition coefficient (Wildman–Crippen LogP) is 5.74. The number of aromatic amines is 2. The number of fused-ring (bicyclic) bond motifs is 2. The first-order chi connectivity index (χ1) is 18.0. The number of benzene rings is 1. The van der Waals surface area contributed by atoms with Crippen LogP contribution in [-0.4, -0.2) is 42.5 Å². The molecule has 0 radical (unpaired) electrons. The molecule has 0 aliphatic carbocycles. The SMILES string of the molecule is CCNCc1cncc(-c2ncc3[nH]nc(-c4nc5c(-c6ccc(C(C)=O)s6)cccc5[nH]4)c3c2F)c1. The van der Waals surface area contributed by atoms with Crippen molar-refractivity contribution in [2.75, 3.05) is 6.54 Å². The van der Waals surface area contributed by atoms with Gasteiger partial charge < -0.3 is 10.3 Å². The zero-order valence-electron chi connectivity index (χ0n) is 20.1. The summed E-state index contributed by atoms with van der Waals surface area (Å²) in [5.74, 6) is -0.0304. The van der Waals surface area contributed by atoms with Crippen LogP contribution < -0.4 is 5.32 Å². The minimum Gasteiger partial charge on any atom is -0.337 e. The summed E-state index contributed by atoms with van der Waals surface area (Å²) in [4.78, 5) is 30.1. The van der Waals surface area contributed by atoms with Gasteiger partial charge in [-0.3, -0.25) is 19.9 Å². The number of para-hydroxylation sites is 1. The predicted molar refractivity (Wildman–Crippen MR) is 143 cm³/mol. The van der Waals surface area contributed by atoms with Crippen molar-refractivity contribution in [1.82, 2.24) is 35.5 Å². The minimum atomic E-state index is -0.492. The van der Waals surface area contributed by atoms with Crippen LogP contribution in [-0.2, 0) is 6.54 Å². The van der Waals surface area contributed by atoms with Crippen LogP contribution in [0.3, 0.4) is 0 Å². The maximum Gasteiger partial charge on any atom is 0.169 e. The van der Waals surface area contributed by atoms with Crippen molar-refractivity contribution in [3.8, 4) is 33.2 Å². The van der Waals surface area contributed by atoms with E-state index in [9.17, 15) is 4.79 Å². The van der Waals surface area contributed by atoms with Crippen LogP contribution >= 0.6 is 11.3 Å². The largest absolute Gasteiger partial charge is 0.337 e. The Morgan fingerprint density at radius 3 is 2.81 bits per heavy atom. The quantitative estimate of drug-likeness (QED) is 0.236. The number of carbonyl (C=O) groups is 1. The third-order valence-corrected chi connectivity index (χ3v) is 7.37. The van der Waals surface area contributed by atoms with Gasteiger partial charge in [-0.25, -0.2) is 9.37 Å². The first-order valence-electron chi connectivity index (χ1n) is 11.8. The Bertz CT molecular complexity index is 1780. The van der Waals surface area contributed by atoms with E-state index >= 15 is 4.39 Å². The van der Waals surface area contributed by atoms with E-state index < -0.39 is 5.82 Å². The van der Waals surface area contributed by atoms with E-state index in [2.05, 4.69) is 30.5 Å². The van der Waals surface area contributed by atoms with Gasteiger partial charge in [-0.2, -0.15) is 5.10 Å². The number of H-pyrrole nitrogens is 2. The van der Waals surface area contributed by atoms with Crippen LogP contribution in [0.2, 0.25) is 0 Å². The summed E-state index contributed by atoms with van der Waals surface area (Å²) in [5.41, 5.74) is 4.98. The molecule has 3 N–H and O–H groups in total. The number of rotatable bonds is 7. The molecule has 5 aromatic heterocycles. The molecule has 184 valence electrons. The number of carbonyl (C=O) groups excluding carboxylic acids is 1. The molecule has 37 heavy (non-hydrogen) atoms. The molecule has 0 aliphatic rings. The second-order valence-corrected chi connectivity index (χ2v) is 9.73. The molecular weight excluding hydrogens is 489 g/mol. The highest BCUT2D eigenvalue weighted by Gasteiger charge is 2.21. The van der Waals surface area contributed by atoms with Crippen LogP contribution in [0.1, 0.15) is 29.1 Å². The number of hydrogen-bond donors (Lipinski definition) is 3. The highest BCUT2D eigenvalue weighted by atomic mass is 32.1. The number of Topliss-reactive ketones (excluding diaryl/α,β-unsaturated/α-hetero) is 1. The van der Waals surface area contributed by atoms with Crippen molar-refractivity contribution in [2.24, 2.45) is 0 Å². The number of hydrogen-bond acceptors (Lipinski definition) is 7. The Kier molecular flexibility index (Phi) is 5.82. The van der Waals surface area contributed by atoms with Crippen LogP contribution in [0.15, 0.2) is 55.0 Å². The summed E-state index contributed by atoms with van der Waals surface area (Å²) in [7, 11) is 0. The molecule has 0 atom stereocenters. The molecule has 6 rings (SSSR count). The van der Waals surface area contributed by atoms with Gasteiger partial charge in [0, 0.05) is 34.9 Å². The summed E-state index contributed by atoms with van der Waals surface area (Å²) in [6, 6.07) is 11.4. The van der Waals surface area contributed by atoms with E-state index in [0.29, 0.717) is 39.4 Å². The number of ketones is 1. The van der Waals surface area contributed by atoms with E-state index in [0.717, 1.165) is 33.6 Å². The van der Waals surface area contributed by atoms with Crippen LogP contribution in [0, 0.1) is 5.82 Å². The van der Waals surface area contributed by atoms with E-state index in [1.54, 1.807) is 25.5 Å². The number of aromatic nitrogens is 6. The van der Waals surface area contributed by atoms with Gasteiger partial charge in [0.25, 0.3) is 0 Å². The van der Waals surface area contributed by atoms with Gasteiger partial charge in [0.15, 0.2) is 17.4 Å². The van der Waals surface area contributed by atoms with Crippen molar-refractivity contribution in [3.63, 3.8) is 0 Å². The van der Waals surface area contributed by atoms with E-state index in [-0.39, 0.29) is 11.5 Å². The Morgan fingerprint density at radius 1 is 1.11 bits per heavy atom. The Hall–Kier alpha value is -4.28. The molecular formula is C27H22FN7OS. The highest BCUT2D eigenvalue weighted by molar-refractivity contribution is 7.17. The molecule has 5 heterocycles. The van der Waals surface area contributed by atoms with E-state index in [1.807, 2.05) is 43.3 Å². The number of nitrogens with zero attached hydrogens (tertiary/aromatic N) is 4. The minimum absolute atomic E-state index is 0.0244. The first-order valence-corrected chi connectivity index (χ1v) is 12.6. The van der Waals surface area contributed by atoms with Gasteiger partial charge in [0.2, 0.25) is 0 Å². The molecule has 0 fully saturated rings. The summed E-state index contributed by atoms with van der Waals surface area (Å²) >= 11 is 1.42. The second-order valence-electron chi connectivity index (χ2n) is 8.65. The lowest BCUT2D eigenvalue weighted by molar-refractivity contribution is 0.102. The molecule has 0 amide bonds. The number of imidazole rings is 1. The summed E-state index contributed by atoms with van der Waals surface area (Å²) in [5, 5.41) is 10.8. The first kappa shape index (κ1) is 23.1. The van der Waals surface area contributed by atoms with E-state index in [4.69, 9.17) is 4.98 Å². The van der Waals surface area contributed by atoms with Crippen molar-refractivity contribution in [3.05, 3.63) is 71.2 Å². The standard InChI is InChI=1S/C27H22FN7OS/c1-3-29-10-15-9-16(12-30-11-15)24-23(28)22-19(13-31-24)34-35-26(22)27-32-18-6-4-5-17(25(18)33-27)21-8-7-20(37-21)14(2)36/h4-9,11-13,29H,3,10H2,1-2H3,(H,32,33)(H,34,35). The van der Waals surface area contributed by atoms with Gasteiger partial charge >= 0.3 is 0 Å². The van der Waals surface area contributed by atoms with Gasteiger partial charge in [0.05, 0.1) is 33.0 Å². The monoisotopic (exact) mass is 511 g/mol. The van der Waals surface area contributed by atoms with Crippen LogP contribution in [0.4, 0.5) is 4.39 Å². The number of thiophene rings is 1. The Balaban J connectivity index is 1.46. The topological polar surface area (TPSA) is 112 Å². The normalized spacial score (nSPS) is 11.5. The summed E-state index contributed by atoms with van der Waals surface area (Å²) in [6.45, 7) is 5.04. The lowest BCUT2D eigenvalue weighted by atomic mass is 10.1. The van der Waals surface area contributed by atoms with Gasteiger partial charge in [-0.15, -0.1) is 11.3 Å². The molecule has 8 nitrogen and oxygen atoms in total. The van der Waals surface area contributed by atoms with Crippen molar-refractivity contribution < 1.29 is 9.18 Å². The summed E-state index contributed by atoms with van der Waals surface area (Å²) in [6.07, 6.45) is 4.94. The zero-order chi connectivity index (χ0) is 25.5. The number of pyridine rings is 2. The Labute approximate surface area is 215 Å². The lowest BCUT2D eigenvalue weighted by Crippen LogP contribution is -2.11. The van der Waals surface area contributed by atoms with Gasteiger partial charge in [-0.05, 0) is 43.3 Å². The zero-order valence-corrected chi connectivity index (χ0v) is 20.9. The average Bonchev–Trinajstić information content (AvgIpc) is 3.65. The van der Waals surface area contributed by atoms with E-state index in [1.165, 1.54) is 11.3 Å². The second kappa shape index (κ2) is 9.30. The fourth-order valence-corrected chi connectivity index (χ4v) is 5.27. The Morgan fingerprint density at radius 2 is 2.00 bits per heavy atom. The molecule has 0 saturated carbocycles. The summed E-state index contributed by atoms with van der Waals surface area (Å²) < 4.78 is 16.0. The van der Waals surface area contributed by atoms with Crippen molar-refractivity contribution in [1.29, 1.82) is 0 Å². The molecule has 0 spiro atoms. The number of nitrogens with one attached hydrogen (secondary N) is 3. The maximum atomic E-state index is 16.0. The number of halogens is 1. The fourth-order valence-electron chi connectivity index (χ4n) is 4.35. The fraction of sp³-hybridized carbons (Fsp3) is 0.148. The van der Waals surface area contributed by atoms with Gasteiger partial charge in [-0.1, -0.05) is 19.1 Å². The molecule has 0 unspecified atom stereocenters. The van der Waals surface area contributed by atoms with Crippen LogP contribution in [0.5, 0.6) is 0 Å². The van der Waals surface area contributed by atoms with Crippen LogP contribution in [0.25, 0.3) is 55.2 Å². The smallest absolute Gasteiger partial charge is 0.169 e. The molecule has 0 bridgehead atoms. The third-order valence-electron chi connectivity index (χ3n) is 6.15. The van der Waals surface area contributed by atoms with Gasteiger partial charge in [0.1, 0.15) is 11.4 Å². The lowest BCUT2D eigenvalue weighted by Gasteiger charge is -2.07. The van der Waals surface area contributed by atoms with Crippen molar-refractivity contribution >= 4 is 39.1 Å². The molecule has 0 saturated heterocycles. The molecule has 0 aliphatic heterocycles. The van der Waals surface area contributed by atoms with Crippen molar-refractivity contribution in [2.45, 2.75) is 20.4 Å². The highest BCUT2D eigenvalue weighted by Crippen LogP contribution is 2.36. The maximum absolute atomic E-state index is 16.0. The average molecular weight is 512 g/mol. The molecule has 10 heteroatoms. The molecule has 1 aromatic carbocycles. The third kappa shape index (κ3) is 4.09.